The summed E-state index contributed by atoms with van der Waals surface area (Å²) in [5.41, 5.74) is 0.281. The lowest BCUT2D eigenvalue weighted by Gasteiger charge is -2.48. The van der Waals surface area contributed by atoms with Crippen molar-refractivity contribution in [3.63, 3.8) is 0 Å². The van der Waals surface area contributed by atoms with Crippen LogP contribution in [-0.4, -0.2) is 33.3 Å². The molecule has 2 atom stereocenters. The van der Waals surface area contributed by atoms with Crippen LogP contribution in [0, 0.1) is 0 Å². The number of ether oxygens (including phenoxy) is 1. The summed E-state index contributed by atoms with van der Waals surface area (Å²) in [4.78, 5) is 14.3. The summed E-state index contributed by atoms with van der Waals surface area (Å²) < 4.78 is 5.70. The number of nitrogens with one attached hydrogen (secondary N) is 1. The Morgan fingerprint density at radius 1 is 1.33 bits per heavy atom. The fourth-order valence-corrected chi connectivity index (χ4v) is 4.07. The van der Waals surface area contributed by atoms with Crippen LogP contribution >= 0.6 is 12.2 Å². The van der Waals surface area contributed by atoms with Gasteiger partial charge in [0.25, 0.3) is 0 Å². The lowest BCUT2D eigenvalue weighted by molar-refractivity contribution is -0.153. The van der Waals surface area contributed by atoms with E-state index in [1.54, 1.807) is 0 Å². The Labute approximate surface area is 130 Å². The van der Waals surface area contributed by atoms with Gasteiger partial charge in [-0.15, -0.1) is 0 Å². The van der Waals surface area contributed by atoms with Crippen molar-refractivity contribution in [2.75, 3.05) is 0 Å². The van der Waals surface area contributed by atoms with Gasteiger partial charge in [0.2, 0.25) is 0 Å². The van der Waals surface area contributed by atoms with E-state index in [0.717, 1.165) is 5.56 Å². The minimum atomic E-state index is -0.650. The molecule has 1 N–H and O–H groups in total. The van der Waals surface area contributed by atoms with Crippen LogP contribution in [0.3, 0.4) is 0 Å². The van der Waals surface area contributed by atoms with E-state index >= 15 is 0 Å². The largest absolute Gasteiger partial charge is 0.437 e. The number of thiocarbonyl (C=S) groups is 1. The zero-order valence-corrected chi connectivity index (χ0v) is 13.4. The van der Waals surface area contributed by atoms with Crippen molar-refractivity contribution in [1.29, 1.82) is 0 Å². The summed E-state index contributed by atoms with van der Waals surface area (Å²) in [6, 6.07) is 9.61. The molecule has 0 bridgehead atoms. The lowest BCUT2D eigenvalue weighted by Crippen LogP contribution is -2.66. The number of benzene rings is 1. The number of rotatable bonds is 2. The first-order valence-electron chi connectivity index (χ1n) is 7.19. The molecule has 2 fully saturated rings. The Hall–Kier alpha value is -1.62. The molecule has 0 aliphatic carbocycles. The van der Waals surface area contributed by atoms with Gasteiger partial charge in [-0.1, -0.05) is 30.3 Å². The Kier molecular flexibility index (Phi) is 3.20. The number of esters is 1. The average Bonchev–Trinajstić information content (AvgIpc) is 2.59. The normalized spacial score (nSPS) is 30.6. The zero-order valence-electron chi connectivity index (χ0n) is 12.6. The standard InChI is InChI=1S/C16H20N2O2S/c1-15(2)10-16(3)18(14(21)17-15)12(13(19)20-16)9-11-7-5-4-6-8-11/h4-8,12H,9-10H2,1-3H3,(H,17,21). The fourth-order valence-electron chi connectivity index (χ4n) is 3.47. The number of hydrogen-bond acceptors (Lipinski definition) is 3. The molecule has 0 saturated carbocycles. The second kappa shape index (κ2) is 4.70. The van der Waals surface area contributed by atoms with E-state index in [0.29, 0.717) is 18.0 Å². The van der Waals surface area contributed by atoms with Gasteiger partial charge >= 0.3 is 5.97 Å². The van der Waals surface area contributed by atoms with Crippen molar-refractivity contribution in [3.05, 3.63) is 35.9 Å². The van der Waals surface area contributed by atoms with Crippen molar-refractivity contribution in [2.45, 2.75) is 50.9 Å². The van der Waals surface area contributed by atoms with E-state index in [2.05, 4.69) is 19.2 Å². The van der Waals surface area contributed by atoms with E-state index in [1.165, 1.54) is 0 Å². The van der Waals surface area contributed by atoms with Crippen molar-refractivity contribution in [3.8, 4) is 0 Å². The highest BCUT2D eigenvalue weighted by molar-refractivity contribution is 7.80. The first-order valence-corrected chi connectivity index (χ1v) is 7.60. The van der Waals surface area contributed by atoms with Crippen LogP contribution in [0.1, 0.15) is 32.8 Å². The number of hydrogen-bond donors (Lipinski definition) is 1. The highest BCUT2D eigenvalue weighted by Crippen LogP contribution is 2.39. The zero-order chi connectivity index (χ0) is 15.3. The van der Waals surface area contributed by atoms with Gasteiger partial charge in [0, 0.05) is 18.4 Å². The number of nitrogens with zero attached hydrogens (tertiary/aromatic N) is 1. The maximum absolute atomic E-state index is 12.4. The topological polar surface area (TPSA) is 41.6 Å². The van der Waals surface area contributed by atoms with Crippen molar-refractivity contribution >= 4 is 23.3 Å². The van der Waals surface area contributed by atoms with Gasteiger partial charge in [0.15, 0.2) is 10.8 Å². The third kappa shape index (κ3) is 2.50. The monoisotopic (exact) mass is 304 g/mol. The molecular formula is C16H20N2O2S. The van der Waals surface area contributed by atoms with E-state index in [1.807, 2.05) is 42.2 Å². The molecule has 2 aliphatic heterocycles. The maximum atomic E-state index is 12.4. The second-order valence-corrected chi connectivity index (χ2v) is 7.05. The molecule has 2 saturated heterocycles. The average molecular weight is 304 g/mol. The first kappa shape index (κ1) is 14.3. The molecule has 0 amide bonds. The number of fused-ring (bicyclic) bond motifs is 1. The van der Waals surface area contributed by atoms with Crippen LogP contribution in [0.4, 0.5) is 0 Å². The Morgan fingerprint density at radius 2 is 2.00 bits per heavy atom. The summed E-state index contributed by atoms with van der Waals surface area (Å²) in [5, 5.41) is 3.91. The molecular weight excluding hydrogens is 284 g/mol. The van der Waals surface area contributed by atoms with Gasteiger partial charge in [-0.2, -0.15) is 0 Å². The summed E-state index contributed by atoms with van der Waals surface area (Å²) in [6.45, 7) is 6.09. The minimum Gasteiger partial charge on any atom is -0.437 e. The predicted octanol–water partition coefficient (Wildman–Crippen LogP) is 2.23. The van der Waals surface area contributed by atoms with E-state index in [9.17, 15) is 4.79 Å². The molecule has 2 unspecified atom stereocenters. The third-order valence-corrected chi connectivity index (χ3v) is 4.42. The van der Waals surface area contributed by atoms with Gasteiger partial charge in [0.1, 0.15) is 6.04 Å². The Bertz CT molecular complexity index is 587. The second-order valence-electron chi connectivity index (χ2n) is 6.66. The summed E-state index contributed by atoms with van der Waals surface area (Å²) in [5.74, 6) is -0.191. The van der Waals surface area contributed by atoms with Gasteiger partial charge in [-0.25, -0.2) is 4.79 Å². The molecule has 2 heterocycles. The molecule has 3 rings (SSSR count). The van der Waals surface area contributed by atoms with Crippen LogP contribution in [-0.2, 0) is 16.0 Å². The Balaban J connectivity index is 1.90. The lowest BCUT2D eigenvalue weighted by atomic mass is 9.89. The van der Waals surface area contributed by atoms with Gasteiger partial charge in [0.05, 0.1) is 0 Å². The highest BCUT2D eigenvalue weighted by Gasteiger charge is 2.56. The molecule has 4 nitrogen and oxygen atoms in total. The number of carbonyl (C=O) groups is 1. The number of carbonyl (C=O) groups excluding carboxylic acids is 1. The van der Waals surface area contributed by atoms with Gasteiger partial charge < -0.3 is 10.1 Å². The summed E-state index contributed by atoms with van der Waals surface area (Å²) in [6.07, 6.45) is 1.31. The molecule has 2 aliphatic rings. The SMILES string of the molecule is CC1(C)CC2(C)OC(=O)C(Cc3ccccc3)N2C(=S)N1. The quantitative estimate of drug-likeness (QED) is 0.670. The molecule has 0 spiro atoms. The van der Waals surface area contributed by atoms with Crippen molar-refractivity contribution in [2.24, 2.45) is 0 Å². The summed E-state index contributed by atoms with van der Waals surface area (Å²) in [7, 11) is 0. The van der Waals surface area contributed by atoms with Gasteiger partial charge in [-0.05, 0) is 38.6 Å². The molecule has 112 valence electrons. The smallest absolute Gasteiger partial charge is 0.331 e. The van der Waals surface area contributed by atoms with Crippen LogP contribution in [0.15, 0.2) is 30.3 Å². The highest BCUT2D eigenvalue weighted by atomic mass is 32.1. The maximum Gasteiger partial charge on any atom is 0.331 e. The molecule has 0 aromatic heterocycles. The van der Waals surface area contributed by atoms with Crippen LogP contribution in [0.5, 0.6) is 0 Å². The van der Waals surface area contributed by atoms with E-state index in [-0.39, 0.29) is 17.6 Å². The van der Waals surface area contributed by atoms with E-state index in [4.69, 9.17) is 17.0 Å². The molecule has 5 heteroatoms. The van der Waals surface area contributed by atoms with E-state index < -0.39 is 5.72 Å². The van der Waals surface area contributed by atoms with Crippen molar-refractivity contribution < 1.29 is 9.53 Å². The minimum absolute atomic E-state index is 0.176. The molecule has 1 aromatic rings. The van der Waals surface area contributed by atoms with Crippen molar-refractivity contribution in [1.82, 2.24) is 10.2 Å². The molecule has 1 aromatic carbocycles. The first-order chi connectivity index (χ1) is 9.81. The molecule has 21 heavy (non-hydrogen) atoms. The predicted molar refractivity (Wildman–Crippen MR) is 84.7 cm³/mol. The van der Waals surface area contributed by atoms with Gasteiger partial charge in [-0.3, -0.25) is 4.90 Å². The van der Waals surface area contributed by atoms with Crippen LogP contribution in [0.2, 0.25) is 0 Å². The fraction of sp³-hybridized carbons (Fsp3) is 0.500. The molecule has 0 radical (unpaired) electrons. The van der Waals surface area contributed by atoms with Crippen LogP contribution in [0.25, 0.3) is 0 Å². The third-order valence-electron chi connectivity index (χ3n) is 4.12. The Morgan fingerprint density at radius 3 is 2.67 bits per heavy atom. The van der Waals surface area contributed by atoms with Crippen LogP contribution < -0.4 is 5.32 Å². The summed E-state index contributed by atoms with van der Waals surface area (Å²) >= 11 is 5.49.